The SMILES string of the molecule is CC(=O)CC(=O)CS.[NaH]. The zero-order valence-electron chi connectivity index (χ0n) is 4.68. The molecule has 0 fully saturated rings. The molecule has 0 aromatic heterocycles. The van der Waals surface area contributed by atoms with E-state index in [0.717, 1.165) is 0 Å². The Hall–Kier alpha value is 0.690. The van der Waals surface area contributed by atoms with Crippen molar-refractivity contribution < 1.29 is 9.59 Å². The fourth-order valence-corrected chi connectivity index (χ4v) is 0.445. The summed E-state index contributed by atoms with van der Waals surface area (Å²) in [5.74, 6) is -0.0376. The van der Waals surface area contributed by atoms with Crippen LogP contribution in [0.5, 0.6) is 0 Å². The van der Waals surface area contributed by atoms with Gasteiger partial charge in [-0.3, -0.25) is 9.59 Å². The van der Waals surface area contributed by atoms with Crippen LogP contribution in [0, 0.1) is 0 Å². The van der Waals surface area contributed by atoms with Gasteiger partial charge in [-0.1, -0.05) is 0 Å². The van der Waals surface area contributed by atoms with Gasteiger partial charge in [-0.25, -0.2) is 0 Å². The van der Waals surface area contributed by atoms with Crippen LogP contribution in [0.1, 0.15) is 13.3 Å². The van der Waals surface area contributed by atoms with Gasteiger partial charge < -0.3 is 0 Å². The third-order valence-electron chi connectivity index (χ3n) is 0.622. The third kappa shape index (κ3) is 8.69. The van der Waals surface area contributed by atoms with E-state index in [1.165, 1.54) is 6.92 Å². The second-order valence-electron chi connectivity index (χ2n) is 1.58. The van der Waals surface area contributed by atoms with Crippen LogP contribution in [0.2, 0.25) is 0 Å². The number of carbonyl (C=O) groups excluding carboxylic acids is 2. The summed E-state index contributed by atoms with van der Waals surface area (Å²) in [5.41, 5.74) is 0. The Morgan fingerprint density at radius 1 is 1.44 bits per heavy atom. The van der Waals surface area contributed by atoms with E-state index in [1.54, 1.807) is 0 Å². The van der Waals surface area contributed by atoms with Crippen molar-refractivity contribution in [2.45, 2.75) is 13.3 Å². The molecular weight excluding hydrogens is 147 g/mol. The van der Waals surface area contributed by atoms with Crippen LogP contribution in [-0.4, -0.2) is 46.9 Å². The Morgan fingerprint density at radius 2 is 1.89 bits per heavy atom. The van der Waals surface area contributed by atoms with Crippen molar-refractivity contribution >= 4 is 53.8 Å². The third-order valence-corrected chi connectivity index (χ3v) is 0.975. The predicted molar refractivity (Wildman–Crippen MR) is 41.3 cm³/mol. The number of thiol groups is 1. The summed E-state index contributed by atoms with van der Waals surface area (Å²) in [4.78, 5) is 20.5. The molecule has 0 amide bonds. The molecule has 0 bridgehead atoms. The monoisotopic (exact) mass is 156 g/mol. The fourth-order valence-electron chi connectivity index (χ4n) is 0.334. The van der Waals surface area contributed by atoms with E-state index in [2.05, 4.69) is 12.6 Å². The topological polar surface area (TPSA) is 34.1 Å². The molecule has 0 unspecified atom stereocenters. The summed E-state index contributed by atoms with van der Waals surface area (Å²) >= 11 is 3.69. The second kappa shape index (κ2) is 6.81. The summed E-state index contributed by atoms with van der Waals surface area (Å²) in [6.45, 7) is 1.39. The van der Waals surface area contributed by atoms with Crippen LogP contribution in [0.15, 0.2) is 0 Å². The average Bonchev–Trinajstić information content (AvgIpc) is 1.65. The Morgan fingerprint density at radius 3 is 2.00 bits per heavy atom. The van der Waals surface area contributed by atoms with E-state index in [1.807, 2.05) is 0 Å². The number of ketones is 2. The van der Waals surface area contributed by atoms with Crippen molar-refractivity contribution in [3.05, 3.63) is 0 Å². The Kier molecular flexibility index (Phi) is 9.36. The van der Waals surface area contributed by atoms with Crippen molar-refractivity contribution in [1.29, 1.82) is 0 Å². The van der Waals surface area contributed by atoms with Gasteiger partial charge in [0.05, 0.1) is 6.42 Å². The van der Waals surface area contributed by atoms with Crippen molar-refractivity contribution in [1.82, 2.24) is 0 Å². The number of Topliss-reactive ketones (excluding diaryl/α,β-unsaturated/α-hetero) is 2. The van der Waals surface area contributed by atoms with E-state index in [4.69, 9.17) is 0 Å². The molecule has 0 saturated heterocycles. The van der Waals surface area contributed by atoms with E-state index < -0.39 is 0 Å². The molecule has 4 heteroatoms. The molecule has 2 nitrogen and oxygen atoms in total. The minimum atomic E-state index is -0.110. The molecule has 0 N–H and O–H groups in total. The van der Waals surface area contributed by atoms with Crippen LogP contribution in [0.25, 0.3) is 0 Å². The van der Waals surface area contributed by atoms with Crippen LogP contribution in [0.4, 0.5) is 0 Å². The van der Waals surface area contributed by atoms with Gasteiger partial charge in [0.2, 0.25) is 0 Å². The maximum atomic E-state index is 10.3. The van der Waals surface area contributed by atoms with Crippen LogP contribution in [-0.2, 0) is 9.59 Å². The predicted octanol–water partition coefficient (Wildman–Crippen LogP) is -0.184. The number of hydrogen-bond acceptors (Lipinski definition) is 3. The number of hydrogen-bond donors (Lipinski definition) is 1. The molecule has 0 radical (unpaired) electrons. The molecule has 0 heterocycles. The van der Waals surface area contributed by atoms with Gasteiger partial charge in [0, 0.05) is 5.75 Å². The van der Waals surface area contributed by atoms with E-state index in [9.17, 15) is 9.59 Å². The Balaban J connectivity index is 0. The molecule has 0 aliphatic carbocycles. The summed E-state index contributed by atoms with van der Waals surface area (Å²) in [5, 5.41) is 0. The second-order valence-corrected chi connectivity index (χ2v) is 1.89. The Labute approximate surface area is 82.1 Å². The van der Waals surface area contributed by atoms with E-state index >= 15 is 0 Å². The van der Waals surface area contributed by atoms with Gasteiger partial charge in [-0.15, -0.1) is 0 Å². The van der Waals surface area contributed by atoms with Crippen LogP contribution in [0.3, 0.4) is 0 Å². The standard InChI is InChI=1S/C5H8O2S.Na.H/c1-4(6)2-5(7)3-8;;/h8H,2-3H2,1H3;;. The summed E-state index contributed by atoms with van der Waals surface area (Å²) < 4.78 is 0. The first-order chi connectivity index (χ1) is 3.66. The van der Waals surface area contributed by atoms with Gasteiger partial charge in [0.25, 0.3) is 0 Å². The molecule has 0 aliphatic heterocycles. The van der Waals surface area contributed by atoms with Gasteiger partial charge >= 0.3 is 29.6 Å². The summed E-state index contributed by atoms with van der Waals surface area (Å²) in [6, 6.07) is 0. The quantitative estimate of drug-likeness (QED) is 0.349. The van der Waals surface area contributed by atoms with Crippen molar-refractivity contribution in [3.63, 3.8) is 0 Å². The molecule has 0 spiro atoms. The first kappa shape index (κ1) is 12.4. The fraction of sp³-hybridized carbons (Fsp3) is 0.600. The molecule has 48 valence electrons. The summed E-state index contributed by atoms with van der Waals surface area (Å²) in [6.07, 6.45) is 0.0312. The van der Waals surface area contributed by atoms with Gasteiger partial charge in [0.15, 0.2) is 0 Å². The zero-order chi connectivity index (χ0) is 6.57. The molecule has 0 aliphatic rings. The van der Waals surface area contributed by atoms with Crippen molar-refractivity contribution in [2.24, 2.45) is 0 Å². The van der Waals surface area contributed by atoms with Gasteiger partial charge in [-0.05, 0) is 6.92 Å². The number of carbonyl (C=O) groups is 2. The van der Waals surface area contributed by atoms with Crippen molar-refractivity contribution in [2.75, 3.05) is 5.75 Å². The molecule has 0 aromatic carbocycles. The molecule has 0 atom stereocenters. The van der Waals surface area contributed by atoms with E-state index in [0.29, 0.717) is 0 Å². The molecule has 0 saturated carbocycles. The average molecular weight is 156 g/mol. The van der Waals surface area contributed by atoms with E-state index in [-0.39, 0.29) is 53.3 Å². The van der Waals surface area contributed by atoms with Gasteiger partial charge in [-0.2, -0.15) is 12.6 Å². The van der Waals surface area contributed by atoms with Crippen LogP contribution >= 0.6 is 12.6 Å². The normalized spacial score (nSPS) is 7.78. The number of rotatable bonds is 3. The Bertz CT molecular complexity index is 114. The first-order valence-corrected chi connectivity index (χ1v) is 2.92. The van der Waals surface area contributed by atoms with Gasteiger partial charge in [0.1, 0.15) is 11.6 Å². The maximum absolute atomic E-state index is 10.3. The molecule has 0 rings (SSSR count). The molecule has 0 aromatic rings. The zero-order valence-corrected chi connectivity index (χ0v) is 5.57. The minimum absolute atomic E-state index is 0. The van der Waals surface area contributed by atoms with Crippen molar-refractivity contribution in [3.8, 4) is 0 Å². The van der Waals surface area contributed by atoms with Crippen LogP contribution < -0.4 is 0 Å². The molecular formula is C5H9NaO2S. The summed E-state index contributed by atoms with van der Waals surface area (Å²) in [7, 11) is 0. The first-order valence-electron chi connectivity index (χ1n) is 2.29. The molecule has 9 heavy (non-hydrogen) atoms.